The Bertz CT molecular complexity index is 543. The number of aliphatic hydroxyl groups is 1. The van der Waals surface area contributed by atoms with E-state index in [9.17, 15) is 13.5 Å². The Morgan fingerprint density at radius 3 is 2.52 bits per heavy atom. The van der Waals surface area contributed by atoms with Gasteiger partial charge in [-0.2, -0.15) is 0 Å². The van der Waals surface area contributed by atoms with Crippen LogP contribution >= 0.6 is 0 Å². The summed E-state index contributed by atoms with van der Waals surface area (Å²) in [4.78, 5) is 0.189. The zero-order valence-corrected chi connectivity index (χ0v) is 13.8. The zero-order chi connectivity index (χ0) is 15.9. The van der Waals surface area contributed by atoms with Crippen LogP contribution in [0.5, 0.6) is 5.75 Å². The van der Waals surface area contributed by atoms with Gasteiger partial charge in [0.15, 0.2) is 0 Å². The first-order chi connectivity index (χ1) is 9.97. The summed E-state index contributed by atoms with van der Waals surface area (Å²) in [5, 5.41) is 9.40. The molecule has 0 spiro atoms. The summed E-state index contributed by atoms with van der Waals surface area (Å²) in [5.41, 5.74) is 0.494. The Labute approximate surface area is 127 Å². The van der Waals surface area contributed by atoms with E-state index in [1.807, 2.05) is 13.8 Å². The summed E-state index contributed by atoms with van der Waals surface area (Å²) in [7, 11) is -1.94. The average Bonchev–Trinajstić information content (AvgIpc) is 2.50. The third-order valence-corrected chi connectivity index (χ3v) is 5.05. The lowest BCUT2D eigenvalue weighted by atomic mass is 10.2. The summed E-state index contributed by atoms with van der Waals surface area (Å²) in [6.07, 6.45) is 2.61. The summed E-state index contributed by atoms with van der Waals surface area (Å²) in [6.45, 7) is 4.78. The second-order valence-electron chi connectivity index (χ2n) is 4.96. The Kier molecular flexibility index (Phi) is 7.14. The van der Waals surface area contributed by atoms with E-state index in [0.717, 1.165) is 19.3 Å². The molecule has 0 aliphatic rings. The normalized spacial score (nSPS) is 11.9. The van der Waals surface area contributed by atoms with Crippen LogP contribution in [0.3, 0.4) is 0 Å². The molecule has 0 radical (unpaired) electrons. The Balaban J connectivity index is 3.02. The summed E-state index contributed by atoms with van der Waals surface area (Å²) < 4.78 is 31.7. The van der Waals surface area contributed by atoms with Crippen LogP contribution in [-0.4, -0.2) is 38.0 Å². The van der Waals surface area contributed by atoms with Crippen LogP contribution in [0, 0.1) is 0 Å². The standard InChI is InChI=1S/C15H25NO4S/c1-4-6-9-16(3)21(18,19)14-7-8-15(20-10-5-2)13(11-14)12-17/h7-8,11,17H,4-6,9-10,12H2,1-3H3. The van der Waals surface area contributed by atoms with Gasteiger partial charge in [0, 0.05) is 19.2 Å². The molecule has 0 saturated heterocycles. The lowest BCUT2D eigenvalue weighted by molar-refractivity contribution is 0.262. The van der Waals surface area contributed by atoms with Crippen molar-refractivity contribution in [2.24, 2.45) is 0 Å². The predicted molar refractivity (Wildman–Crippen MR) is 82.9 cm³/mol. The van der Waals surface area contributed by atoms with Crippen molar-refractivity contribution in [1.82, 2.24) is 4.31 Å². The number of nitrogens with zero attached hydrogens (tertiary/aromatic N) is 1. The topological polar surface area (TPSA) is 66.8 Å². The molecule has 0 atom stereocenters. The molecule has 0 aliphatic carbocycles. The molecule has 0 fully saturated rings. The molecule has 1 aromatic rings. The number of sulfonamides is 1. The second kappa shape index (κ2) is 8.36. The number of rotatable bonds is 9. The highest BCUT2D eigenvalue weighted by Crippen LogP contribution is 2.24. The number of ether oxygens (including phenoxy) is 1. The van der Waals surface area contributed by atoms with Crippen LogP contribution in [0.1, 0.15) is 38.7 Å². The van der Waals surface area contributed by atoms with Gasteiger partial charge in [0.2, 0.25) is 10.0 Å². The first-order valence-corrected chi connectivity index (χ1v) is 8.74. The molecule has 6 heteroatoms. The van der Waals surface area contributed by atoms with E-state index in [1.54, 1.807) is 13.1 Å². The lowest BCUT2D eigenvalue weighted by Gasteiger charge is -2.18. The van der Waals surface area contributed by atoms with Gasteiger partial charge in [0.25, 0.3) is 0 Å². The van der Waals surface area contributed by atoms with Crippen LogP contribution in [0.4, 0.5) is 0 Å². The maximum Gasteiger partial charge on any atom is 0.242 e. The van der Waals surface area contributed by atoms with Crippen LogP contribution in [0.15, 0.2) is 23.1 Å². The minimum atomic E-state index is -3.51. The van der Waals surface area contributed by atoms with E-state index in [0.29, 0.717) is 24.5 Å². The highest BCUT2D eigenvalue weighted by atomic mass is 32.2. The van der Waals surface area contributed by atoms with Gasteiger partial charge in [-0.15, -0.1) is 0 Å². The van der Waals surface area contributed by atoms with Crippen molar-refractivity contribution in [3.63, 3.8) is 0 Å². The minimum Gasteiger partial charge on any atom is -0.493 e. The fourth-order valence-electron chi connectivity index (χ4n) is 1.87. The summed E-state index contributed by atoms with van der Waals surface area (Å²) in [5.74, 6) is 0.537. The number of benzene rings is 1. The zero-order valence-electron chi connectivity index (χ0n) is 13.0. The molecule has 0 aromatic heterocycles. The van der Waals surface area contributed by atoms with Crippen molar-refractivity contribution < 1.29 is 18.3 Å². The van der Waals surface area contributed by atoms with Gasteiger partial charge in [0.05, 0.1) is 18.1 Å². The molecule has 0 bridgehead atoms. The molecule has 0 saturated carbocycles. The second-order valence-corrected chi connectivity index (χ2v) is 7.00. The van der Waals surface area contributed by atoms with Crippen LogP contribution in [0.2, 0.25) is 0 Å². The van der Waals surface area contributed by atoms with Crippen molar-refractivity contribution in [2.45, 2.75) is 44.6 Å². The quantitative estimate of drug-likeness (QED) is 0.760. The molecule has 0 amide bonds. The molecule has 21 heavy (non-hydrogen) atoms. The first kappa shape index (κ1) is 17.9. The van der Waals surface area contributed by atoms with E-state index >= 15 is 0 Å². The van der Waals surface area contributed by atoms with Crippen molar-refractivity contribution in [3.8, 4) is 5.75 Å². The molecular formula is C15H25NO4S. The Hall–Kier alpha value is -1.11. The molecular weight excluding hydrogens is 290 g/mol. The first-order valence-electron chi connectivity index (χ1n) is 7.30. The monoisotopic (exact) mass is 315 g/mol. The fraction of sp³-hybridized carbons (Fsp3) is 0.600. The molecule has 1 rings (SSSR count). The number of aliphatic hydroxyl groups excluding tert-OH is 1. The van der Waals surface area contributed by atoms with E-state index in [-0.39, 0.29) is 11.5 Å². The van der Waals surface area contributed by atoms with Crippen molar-refractivity contribution >= 4 is 10.0 Å². The van der Waals surface area contributed by atoms with Gasteiger partial charge in [-0.1, -0.05) is 20.3 Å². The van der Waals surface area contributed by atoms with Gasteiger partial charge in [-0.25, -0.2) is 12.7 Å². The van der Waals surface area contributed by atoms with Crippen LogP contribution in [-0.2, 0) is 16.6 Å². The number of unbranched alkanes of at least 4 members (excludes halogenated alkanes) is 1. The highest BCUT2D eigenvalue weighted by Gasteiger charge is 2.21. The van der Waals surface area contributed by atoms with Gasteiger partial charge in [0.1, 0.15) is 5.75 Å². The van der Waals surface area contributed by atoms with Gasteiger partial charge in [-0.3, -0.25) is 0 Å². The van der Waals surface area contributed by atoms with Gasteiger partial charge >= 0.3 is 0 Å². The summed E-state index contributed by atoms with van der Waals surface area (Å²) in [6, 6.07) is 4.63. The molecule has 1 aromatic carbocycles. The SMILES string of the molecule is CCCCN(C)S(=O)(=O)c1ccc(OCCC)c(CO)c1. The van der Waals surface area contributed by atoms with Gasteiger partial charge in [-0.05, 0) is 31.0 Å². The number of hydrogen-bond donors (Lipinski definition) is 1. The number of hydrogen-bond acceptors (Lipinski definition) is 4. The minimum absolute atomic E-state index is 0.189. The van der Waals surface area contributed by atoms with Gasteiger partial charge < -0.3 is 9.84 Å². The van der Waals surface area contributed by atoms with Crippen molar-refractivity contribution in [1.29, 1.82) is 0 Å². The maximum absolute atomic E-state index is 12.4. The fourth-order valence-corrected chi connectivity index (χ4v) is 3.13. The predicted octanol–water partition coefficient (Wildman–Crippen LogP) is 2.39. The van der Waals surface area contributed by atoms with Crippen LogP contribution < -0.4 is 4.74 Å². The van der Waals surface area contributed by atoms with E-state index in [4.69, 9.17) is 4.74 Å². The molecule has 120 valence electrons. The third kappa shape index (κ3) is 4.69. The smallest absolute Gasteiger partial charge is 0.242 e. The largest absolute Gasteiger partial charge is 0.493 e. The van der Waals surface area contributed by atoms with E-state index < -0.39 is 10.0 Å². The average molecular weight is 315 g/mol. The molecule has 0 heterocycles. The molecule has 0 unspecified atom stereocenters. The van der Waals surface area contributed by atoms with Crippen molar-refractivity contribution in [2.75, 3.05) is 20.2 Å². The molecule has 1 N–H and O–H groups in total. The third-order valence-electron chi connectivity index (χ3n) is 3.20. The van der Waals surface area contributed by atoms with Crippen LogP contribution in [0.25, 0.3) is 0 Å². The lowest BCUT2D eigenvalue weighted by Crippen LogP contribution is -2.28. The molecule has 0 aliphatic heterocycles. The maximum atomic E-state index is 12.4. The highest BCUT2D eigenvalue weighted by molar-refractivity contribution is 7.89. The Morgan fingerprint density at radius 2 is 1.95 bits per heavy atom. The molecule has 5 nitrogen and oxygen atoms in total. The Morgan fingerprint density at radius 1 is 1.24 bits per heavy atom. The van der Waals surface area contributed by atoms with Crippen molar-refractivity contribution in [3.05, 3.63) is 23.8 Å². The van der Waals surface area contributed by atoms with E-state index in [2.05, 4.69) is 0 Å². The van der Waals surface area contributed by atoms with E-state index in [1.165, 1.54) is 16.4 Å². The summed E-state index contributed by atoms with van der Waals surface area (Å²) >= 11 is 0.